The first-order valence-corrected chi connectivity index (χ1v) is 7.72. The standard InChI is InChI=1S/C16H22ClNO4/c1-4-22-13-8-11(7-12(17)14(13)21-3)9-18-6-5-16(2,10-18)15(19)20/h7-8H,4-6,9-10H2,1-3H3,(H,19,20). The number of carboxylic acids is 1. The van der Waals surface area contributed by atoms with Gasteiger partial charge in [-0.2, -0.15) is 0 Å². The monoisotopic (exact) mass is 327 g/mol. The molecule has 0 radical (unpaired) electrons. The second-order valence-corrected chi connectivity index (χ2v) is 6.28. The van der Waals surface area contributed by atoms with Crippen LogP contribution in [-0.4, -0.2) is 42.8 Å². The molecule has 1 saturated heterocycles. The summed E-state index contributed by atoms with van der Waals surface area (Å²) in [5.74, 6) is 0.412. The fourth-order valence-electron chi connectivity index (χ4n) is 2.80. The van der Waals surface area contributed by atoms with Crippen molar-refractivity contribution in [2.24, 2.45) is 5.41 Å². The fraction of sp³-hybridized carbons (Fsp3) is 0.562. The molecule has 1 aromatic rings. The van der Waals surface area contributed by atoms with Crippen LogP contribution < -0.4 is 9.47 Å². The van der Waals surface area contributed by atoms with E-state index in [0.29, 0.717) is 42.6 Å². The molecule has 1 heterocycles. The number of ether oxygens (including phenoxy) is 2. The topological polar surface area (TPSA) is 59.0 Å². The molecule has 0 amide bonds. The van der Waals surface area contributed by atoms with Crippen LogP contribution in [0, 0.1) is 5.41 Å². The molecule has 22 heavy (non-hydrogen) atoms. The Morgan fingerprint density at radius 1 is 1.50 bits per heavy atom. The van der Waals surface area contributed by atoms with Crippen molar-refractivity contribution in [1.82, 2.24) is 4.90 Å². The van der Waals surface area contributed by atoms with Crippen LogP contribution in [0.1, 0.15) is 25.8 Å². The Morgan fingerprint density at radius 3 is 2.77 bits per heavy atom. The summed E-state index contributed by atoms with van der Waals surface area (Å²) in [6.45, 7) is 6.16. The van der Waals surface area contributed by atoms with Crippen molar-refractivity contribution in [3.63, 3.8) is 0 Å². The maximum Gasteiger partial charge on any atom is 0.310 e. The minimum absolute atomic E-state index is 0.503. The number of benzene rings is 1. The summed E-state index contributed by atoms with van der Waals surface area (Å²) in [6.07, 6.45) is 0.657. The molecule has 122 valence electrons. The Bertz CT molecular complexity index is 563. The third-order valence-electron chi connectivity index (χ3n) is 4.05. The minimum Gasteiger partial charge on any atom is -0.491 e. The quantitative estimate of drug-likeness (QED) is 0.870. The average Bonchev–Trinajstić information content (AvgIpc) is 2.82. The number of hydrogen-bond acceptors (Lipinski definition) is 4. The van der Waals surface area contributed by atoms with Crippen LogP contribution in [0.5, 0.6) is 11.5 Å². The van der Waals surface area contributed by atoms with Gasteiger partial charge in [-0.3, -0.25) is 9.69 Å². The van der Waals surface area contributed by atoms with E-state index in [9.17, 15) is 9.90 Å². The van der Waals surface area contributed by atoms with Crippen molar-refractivity contribution >= 4 is 17.6 Å². The van der Waals surface area contributed by atoms with E-state index in [2.05, 4.69) is 4.90 Å². The van der Waals surface area contributed by atoms with Gasteiger partial charge in [0.2, 0.25) is 0 Å². The zero-order chi connectivity index (χ0) is 16.3. The molecule has 0 aliphatic carbocycles. The van der Waals surface area contributed by atoms with E-state index >= 15 is 0 Å². The van der Waals surface area contributed by atoms with Crippen LogP contribution >= 0.6 is 11.6 Å². The first kappa shape index (κ1) is 16.9. The largest absolute Gasteiger partial charge is 0.491 e. The maximum absolute atomic E-state index is 11.3. The molecule has 1 atom stereocenters. The number of methoxy groups -OCH3 is 1. The Hall–Kier alpha value is -1.46. The molecule has 1 unspecified atom stereocenters. The minimum atomic E-state index is -0.738. The number of halogens is 1. The van der Waals surface area contributed by atoms with Gasteiger partial charge >= 0.3 is 5.97 Å². The van der Waals surface area contributed by atoms with Crippen LogP contribution in [0.4, 0.5) is 0 Å². The smallest absolute Gasteiger partial charge is 0.310 e. The van der Waals surface area contributed by atoms with E-state index < -0.39 is 11.4 Å². The number of nitrogens with zero attached hydrogens (tertiary/aromatic N) is 1. The summed E-state index contributed by atoms with van der Waals surface area (Å²) in [5.41, 5.74) is 0.322. The second-order valence-electron chi connectivity index (χ2n) is 5.87. The molecule has 0 spiro atoms. The summed E-state index contributed by atoms with van der Waals surface area (Å²) in [5, 5.41) is 9.80. The fourth-order valence-corrected chi connectivity index (χ4v) is 3.11. The van der Waals surface area contributed by atoms with E-state index in [0.717, 1.165) is 12.1 Å². The molecule has 2 rings (SSSR count). The van der Waals surface area contributed by atoms with Gasteiger partial charge in [-0.25, -0.2) is 0 Å². The Balaban J connectivity index is 2.15. The molecule has 1 aliphatic heterocycles. The molecule has 0 aromatic heterocycles. The summed E-state index contributed by atoms with van der Waals surface area (Å²) < 4.78 is 10.8. The van der Waals surface area contributed by atoms with E-state index in [1.807, 2.05) is 19.1 Å². The highest BCUT2D eigenvalue weighted by Gasteiger charge is 2.40. The van der Waals surface area contributed by atoms with Crippen LogP contribution in [0.2, 0.25) is 5.02 Å². The predicted octanol–water partition coefficient (Wildman–Crippen LogP) is 3.04. The van der Waals surface area contributed by atoms with Gasteiger partial charge in [-0.05, 0) is 44.5 Å². The molecule has 5 nitrogen and oxygen atoms in total. The third-order valence-corrected chi connectivity index (χ3v) is 4.33. The van der Waals surface area contributed by atoms with Crippen LogP contribution in [0.25, 0.3) is 0 Å². The lowest BCUT2D eigenvalue weighted by Crippen LogP contribution is -2.31. The van der Waals surface area contributed by atoms with Crippen LogP contribution in [0.3, 0.4) is 0 Å². The SMILES string of the molecule is CCOc1cc(CN2CCC(C)(C(=O)O)C2)cc(Cl)c1OC. The van der Waals surface area contributed by atoms with Crippen LogP contribution in [0.15, 0.2) is 12.1 Å². The zero-order valence-electron chi connectivity index (χ0n) is 13.2. The summed E-state index contributed by atoms with van der Waals surface area (Å²) in [7, 11) is 1.56. The number of carboxylic acid groups (broad SMARTS) is 1. The van der Waals surface area contributed by atoms with E-state index in [4.69, 9.17) is 21.1 Å². The van der Waals surface area contributed by atoms with Gasteiger partial charge in [0, 0.05) is 13.1 Å². The Morgan fingerprint density at radius 2 is 2.23 bits per heavy atom. The van der Waals surface area contributed by atoms with Crippen molar-refractivity contribution in [2.45, 2.75) is 26.8 Å². The molecule has 1 aliphatic rings. The molecule has 1 fully saturated rings. The first-order valence-electron chi connectivity index (χ1n) is 7.34. The van der Waals surface area contributed by atoms with Gasteiger partial charge in [-0.1, -0.05) is 11.6 Å². The lowest BCUT2D eigenvalue weighted by molar-refractivity contribution is -0.147. The van der Waals surface area contributed by atoms with Crippen molar-refractivity contribution in [1.29, 1.82) is 0 Å². The van der Waals surface area contributed by atoms with E-state index in [-0.39, 0.29) is 0 Å². The Labute approximate surface area is 135 Å². The molecule has 1 N–H and O–H groups in total. The van der Waals surface area contributed by atoms with Gasteiger partial charge in [0.15, 0.2) is 11.5 Å². The number of likely N-dealkylation sites (tertiary alicyclic amines) is 1. The maximum atomic E-state index is 11.3. The van der Waals surface area contributed by atoms with Gasteiger partial charge in [-0.15, -0.1) is 0 Å². The molecule has 1 aromatic carbocycles. The van der Waals surface area contributed by atoms with Gasteiger partial charge in [0.05, 0.1) is 24.2 Å². The normalized spacial score (nSPS) is 21.8. The number of hydrogen-bond donors (Lipinski definition) is 1. The molecule has 0 bridgehead atoms. The predicted molar refractivity (Wildman–Crippen MR) is 84.8 cm³/mol. The summed E-state index contributed by atoms with van der Waals surface area (Å²) in [6, 6.07) is 3.75. The highest BCUT2D eigenvalue weighted by atomic mass is 35.5. The molecular weight excluding hydrogens is 306 g/mol. The highest BCUT2D eigenvalue weighted by Crippen LogP contribution is 2.37. The van der Waals surface area contributed by atoms with Crippen molar-refractivity contribution in [3.8, 4) is 11.5 Å². The zero-order valence-corrected chi connectivity index (χ0v) is 13.9. The Kier molecular flexibility index (Phi) is 5.19. The lowest BCUT2D eigenvalue weighted by atomic mass is 9.90. The van der Waals surface area contributed by atoms with E-state index in [1.165, 1.54) is 0 Å². The number of aliphatic carboxylic acids is 1. The van der Waals surface area contributed by atoms with Gasteiger partial charge in [0.25, 0.3) is 0 Å². The van der Waals surface area contributed by atoms with Crippen molar-refractivity contribution < 1.29 is 19.4 Å². The third kappa shape index (κ3) is 3.47. The lowest BCUT2D eigenvalue weighted by Gasteiger charge is -2.21. The van der Waals surface area contributed by atoms with Crippen molar-refractivity contribution in [2.75, 3.05) is 26.8 Å². The van der Waals surface area contributed by atoms with Gasteiger partial charge in [0.1, 0.15) is 0 Å². The summed E-state index contributed by atoms with van der Waals surface area (Å²) in [4.78, 5) is 13.4. The first-order chi connectivity index (χ1) is 10.4. The molecule has 0 saturated carbocycles. The number of carbonyl (C=O) groups is 1. The summed E-state index contributed by atoms with van der Waals surface area (Å²) >= 11 is 6.24. The van der Waals surface area contributed by atoms with Crippen LogP contribution in [-0.2, 0) is 11.3 Å². The average molecular weight is 328 g/mol. The van der Waals surface area contributed by atoms with Gasteiger partial charge < -0.3 is 14.6 Å². The number of rotatable bonds is 6. The highest BCUT2D eigenvalue weighted by molar-refractivity contribution is 6.32. The van der Waals surface area contributed by atoms with E-state index in [1.54, 1.807) is 14.0 Å². The second kappa shape index (κ2) is 6.75. The van der Waals surface area contributed by atoms with Crippen molar-refractivity contribution in [3.05, 3.63) is 22.7 Å². The molecular formula is C16H22ClNO4. The molecule has 6 heteroatoms.